The van der Waals surface area contributed by atoms with Crippen LogP contribution in [-0.2, 0) is 21.1 Å². The molecule has 1 heterocycles. The minimum absolute atomic E-state index is 0.0832. The first-order chi connectivity index (χ1) is 13.6. The van der Waals surface area contributed by atoms with Crippen molar-refractivity contribution >= 4 is 49.8 Å². The van der Waals surface area contributed by atoms with Gasteiger partial charge in [-0.2, -0.15) is 0 Å². The van der Waals surface area contributed by atoms with Crippen molar-refractivity contribution in [1.29, 1.82) is 0 Å². The van der Waals surface area contributed by atoms with E-state index in [1.807, 2.05) is 0 Å². The Balaban J connectivity index is 2.15. The van der Waals surface area contributed by atoms with Crippen LogP contribution < -0.4 is 4.31 Å². The molecule has 1 unspecified atom stereocenters. The molecule has 152 valence electrons. The molecule has 0 saturated heterocycles. The van der Waals surface area contributed by atoms with E-state index in [4.69, 9.17) is 0 Å². The zero-order valence-electron chi connectivity index (χ0n) is 15.4. The van der Waals surface area contributed by atoms with Gasteiger partial charge in [0.05, 0.1) is 16.3 Å². The van der Waals surface area contributed by atoms with E-state index in [0.29, 0.717) is 21.7 Å². The minimum Gasteiger partial charge on any atom is -0.477 e. The molecule has 0 aliphatic carbocycles. The summed E-state index contributed by atoms with van der Waals surface area (Å²) in [5.41, 5.74) is 1.80. The van der Waals surface area contributed by atoms with Gasteiger partial charge in [0.15, 0.2) is 9.84 Å². The molecule has 0 amide bonds. The molecular weight excluding hydrogens is 434 g/mol. The van der Waals surface area contributed by atoms with E-state index in [2.05, 4.69) is 0 Å². The molecule has 3 rings (SSSR count). The van der Waals surface area contributed by atoms with Gasteiger partial charge < -0.3 is 5.11 Å². The van der Waals surface area contributed by atoms with Gasteiger partial charge in [-0.15, -0.1) is 11.3 Å². The molecule has 0 bridgehead atoms. The highest BCUT2D eigenvalue weighted by molar-refractivity contribution is 7.90. The quantitative estimate of drug-likeness (QED) is 0.546. The van der Waals surface area contributed by atoms with Crippen LogP contribution in [0.25, 0.3) is 10.4 Å². The van der Waals surface area contributed by atoms with Crippen LogP contribution in [0.15, 0.2) is 59.5 Å². The zero-order chi connectivity index (χ0) is 21.3. The van der Waals surface area contributed by atoms with Gasteiger partial charge in [0, 0.05) is 11.1 Å². The van der Waals surface area contributed by atoms with E-state index in [0.717, 1.165) is 21.9 Å². The summed E-state index contributed by atoms with van der Waals surface area (Å²) >= 11 is -1.56. The smallest absolute Gasteiger partial charge is 0.348 e. The van der Waals surface area contributed by atoms with Gasteiger partial charge in [0.2, 0.25) is 0 Å². The number of hydrogen-bond donors (Lipinski definition) is 2. The van der Waals surface area contributed by atoms with E-state index < -0.39 is 27.1 Å². The molecule has 0 aliphatic heterocycles. The lowest BCUT2D eigenvalue weighted by molar-refractivity contribution is 0.0703. The predicted molar refractivity (Wildman–Crippen MR) is 114 cm³/mol. The predicted octanol–water partition coefficient (Wildman–Crippen LogP) is 4.10. The summed E-state index contributed by atoms with van der Waals surface area (Å²) in [4.78, 5) is 12.4. The number of aromatic carboxylic acids is 1. The van der Waals surface area contributed by atoms with Crippen molar-refractivity contribution in [2.75, 3.05) is 10.6 Å². The SMILES string of the molecule is Cc1ccccc1N(c1cc(-c2ccc(S(C)(=O)=O)cc2)sc1C(=O)O)S(=O)O. The number of carboxylic acid groups (broad SMARTS) is 1. The van der Waals surface area contributed by atoms with Gasteiger partial charge in [-0.3, -0.25) is 4.55 Å². The summed E-state index contributed by atoms with van der Waals surface area (Å²) in [6, 6.07) is 14.4. The number of sulfone groups is 1. The van der Waals surface area contributed by atoms with Crippen molar-refractivity contribution < 1.29 is 27.1 Å². The lowest BCUT2D eigenvalue weighted by Crippen LogP contribution is -2.21. The fourth-order valence-electron chi connectivity index (χ4n) is 2.78. The largest absolute Gasteiger partial charge is 0.477 e. The Bertz CT molecular complexity index is 1200. The van der Waals surface area contributed by atoms with Crippen LogP contribution in [0.4, 0.5) is 11.4 Å². The molecule has 2 aromatic carbocycles. The third-order valence-electron chi connectivity index (χ3n) is 4.18. The molecule has 7 nitrogen and oxygen atoms in total. The molecule has 1 atom stereocenters. The van der Waals surface area contributed by atoms with Crippen molar-refractivity contribution in [3.05, 3.63) is 65.0 Å². The van der Waals surface area contributed by atoms with Crippen molar-refractivity contribution in [3.8, 4) is 10.4 Å². The van der Waals surface area contributed by atoms with E-state index in [1.54, 1.807) is 43.3 Å². The Morgan fingerprint density at radius 3 is 2.21 bits per heavy atom. The second-order valence-electron chi connectivity index (χ2n) is 6.24. The maximum absolute atomic E-state index is 12.1. The minimum atomic E-state index is -3.36. The summed E-state index contributed by atoms with van der Waals surface area (Å²) in [6.07, 6.45) is 1.10. The van der Waals surface area contributed by atoms with Gasteiger partial charge >= 0.3 is 5.97 Å². The van der Waals surface area contributed by atoms with Crippen LogP contribution in [0.2, 0.25) is 0 Å². The molecule has 0 spiro atoms. The lowest BCUT2D eigenvalue weighted by atomic mass is 10.1. The first-order valence-electron chi connectivity index (χ1n) is 8.24. The van der Waals surface area contributed by atoms with Gasteiger partial charge in [-0.05, 0) is 42.3 Å². The molecule has 0 radical (unpaired) electrons. The highest BCUT2D eigenvalue weighted by Gasteiger charge is 2.26. The second kappa shape index (κ2) is 8.07. The third kappa shape index (κ3) is 4.40. The molecule has 0 saturated carbocycles. The summed E-state index contributed by atoms with van der Waals surface area (Å²) in [7, 11) is -3.36. The maximum Gasteiger partial charge on any atom is 0.348 e. The standard InChI is InChI=1S/C19H17NO6S3/c1-12-5-3-4-6-15(12)20(28(23)24)16-11-17(27-18(16)19(21)22)13-7-9-14(10-8-13)29(2,25)26/h3-11H,1-2H3,(H,21,22)(H,23,24). The van der Waals surface area contributed by atoms with Gasteiger partial charge in [-0.1, -0.05) is 30.3 Å². The molecule has 10 heteroatoms. The van der Waals surface area contributed by atoms with Crippen LogP contribution in [-0.4, -0.2) is 34.5 Å². The number of carboxylic acids is 1. The number of thiophene rings is 1. The number of hydrogen-bond acceptors (Lipinski definition) is 5. The highest BCUT2D eigenvalue weighted by atomic mass is 32.2. The average Bonchev–Trinajstić information content (AvgIpc) is 3.08. The van der Waals surface area contributed by atoms with E-state index in [-0.39, 0.29) is 15.5 Å². The second-order valence-corrected chi connectivity index (χ2v) is 10.1. The van der Waals surface area contributed by atoms with E-state index in [1.165, 1.54) is 18.2 Å². The van der Waals surface area contributed by atoms with Crippen LogP contribution in [0.1, 0.15) is 15.2 Å². The van der Waals surface area contributed by atoms with Crippen LogP contribution >= 0.6 is 11.3 Å². The van der Waals surface area contributed by atoms with Crippen molar-refractivity contribution in [1.82, 2.24) is 0 Å². The first-order valence-corrected chi connectivity index (χ1v) is 12.0. The number of nitrogens with zero attached hydrogens (tertiary/aromatic N) is 1. The number of benzene rings is 2. The average molecular weight is 452 g/mol. The number of para-hydroxylation sites is 1. The molecule has 29 heavy (non-hydrogen) atoms. The third-order valence-corrected chi connectivity index (χ3v) is 7.18. The Hall–Kier alpha value is -2.53. The first kappa shape index (κ1) is 21.2. The summed E-state index contributed by atoms with van der Waals surface area (Å²) in [5.74, 6) is -1.23. The Morgan fingerprint density at radius 2 is 1.69 bits per heavy atom. The molecular formula is C19H17NO6S3. The van der Waals surface area contributed by atoms with Gasteiger partial charge in [0.25, 0.3) is 11.3 Å². The highest BCUT2D eigenvalue weighted by Crippen LogP contribution is 2.41. The fraction of sp³-hybridized carbons (Fsp3) is 0.105. The topological polar surface area (TPSA) is 112 Å². The lowest BCUT2D eigenvalue weighted by Gasteiger charge is -2.21. The number of aryl methyl sites for hydroxylation is 1. The molecule has 0 aliphatic rings. The Kier molecular flexibility index (Phi) is 5.90. The van der Waals surface area contributed by atoms with Gasteiger partial charge in [-0.25, -0.2) is 21.7 Å². The molecule has 3 aromatic rings. The van der Waals surface area contributed by atoms with Crippen molar-refractivity contribution in [3.63, 3.8) is 0 Å². The Morgan fingerprint density at radius 1 is 1.07 bits per heavy atom. The summed E-state index contributed by atoms with van der Waals surface area (Å²) < 4.78 is 46.3. The number of carbonyl (C=O) groups is 1. The van der Waals surface area contributed by atoms with Gasteiger partial charge in [0.1, 0.15) is 4.88 Å². The van der Waals surface area contributed by atoms with E-state index in [9.17, 15) is 27.1 Å². The zero-order valence-corrected chi connectivity index (χ0v) is 17.8. The van der Waals surface area contributed by atoms with Crippen molar-refractivity contribution in [2.45, 2.75) is 11.8 Å². The Labute approximate surface area is 174 Å². The monoisotopic (exact) mass is 451 g/mol. The number of anilines is 2. The van der Waals surface area contributed by atoms with Crippen LogP contribution in [0.3, 0.4) is 0 Å². The molecule has 1 aromatic heterocycles. The fourth-order valence-corrected chi connectivity index (χ4v) is 5.14. The summed E-state index contributed by atoms with van der Waals surface area (Å²) in [6.45, 7) is 1.76. The molecule has 2 N–H and O–H groups in total. The van der Waals surface area contributed by atoms with Crippen molar-refractivity contribution in [2.24, 2.45) is 0 Å². The van der Waals surface area contributed by atoms with E-state index >= 15 is 0 Å². The van der Waals surface area contributed by atoms with Crippen LogP contribution in [0.5, 0.6) is 0 Å². The molecule has 0 fully saturated rings. The normalized spacial score (nSPS) is 12.5. The van der Waals surface area contributed by atoms with Crippen LogP contribution in [0, 0.1) is 6.92 Å². The number of rotatable bonds is 6. The summed E-state index contributed by atoms with van der Waals surface area (Å²) in [5, 5.41) is 9.65. The maximum atomic E-state index is 12.1.